The van der Waals surface area contributed by atoms with Crippen molar-refractivity contribution in [3.63, 3.8) is 0 Å². The Morgan fingerprint density at radius 3 is 2.63 bits per heavy atom. The van der Waals surface area contributed by atoms with E-state index in [1.165, 1.54) is 65.0 Å². The molecule has 3 heteroatoms. The Balaban J connectivity index is 2.14. The molecule has 1 aliphatic rings. The maximum Gasteiger partial charge on any atom is 0.0207 e. The van der Waals surface area contributed by atoms with Crippen molar-refractivity contribution in [2.24, 2.45) is 0 Å². The summed E-state index contributed by atoms with van der Waals surface area (Å²) in [4.78, 5) is 5.21. The fourth-order valence-electron chi connectivity index (χ4n) is 3.04. The van der Waals surface area contributed by atoms with E-state index in [9.17, 15) is 0 Å². The molecule has 0 aromatic heterocycles. The van der Waals surface area contributed by atoms with E-state index in [0.717, 1.165) is 12.1 Å². The van der Waals surface area contributed by atoms with Crippen molar-refractivity contribution < 1.29 is 0 Å². The molecule has 0 aromatic rings. The maximum atomic E-state index is 3.66. The minimum absolute atomic E-state index is 0.741. The first kappa shape index (κ1) is 16.9. The highest BCUT2D eigenvalue weighted by molar-refractivity contribution is 4.83. The monoisotopic (exact) mass is 269 g/mol. The van der Waals surface area contributed by atoms with Crippen LogP contribution in [0.1, 0.15) is 53.4 Å². The molecule has 1 heterocycles. The van der Waals surface area contributed by atoms with Gasteiger partial charge in [0.2, 0.25) is 0 Å². The average molecular weight is 269 g/mol. The van der Waals surface area contributed by atoms with E-state index in [1.807, 2.05) is 0 Å². The van der Waals surface area contributed by atoms with Crippen LogP contribution in [0, 0.1) is 0 Å². The first-order valence-corrected chi connectivity index (χ1v) is 8.40. The van der Waals surface area contributed by atoms with Gasteiger partial charge in [0.1, 0.15) is 0 Å². The molecule has 2 atom stereocenters. The van der Waals surface area contributed by atoms with Gasteiger partial charge >= 0.3 is 0 Å². The molecule has 114 valence electrons. The van der Waals surface area contributed by atoms with Gasteiger partial charge in [-0.05, 0) is 58.8 Å². The zero-order chi connectivity index (χ0) is 14.1. The Kier molecular flexibility index (Phi) is 8.67. The molecule has 1 aliphatic heterocycles. The lowest BCUT2D eigenvalue weighted by molar-refractivity contribution is 0.222. The van der Waals surface area contributed by atoms with Gasteiger partial charge in [0.25, 0.3) is 0 Å². The standard InChI is InChI=1S/C16H35N3/c1-5-11-17-16-10-13-19(14-16)15(4)9-8-12-18(6-2)7-3/h15-17H,5-14H2,1-4H3. The Labute approximate surface area is 120 Å². The molecule has 1 rings (SSSR count). The van der Waals surface area contributed by atoms with Crippen molar-refractivity contribution in [1.29, 1.82) is 0 Å². The van der Waals surface area contributed by atoms with Gasteiger partial charge in [-0.1, -0.05) is 20.8 Å². The summed E-state index contributed by atoms with van der Waals surface area (Å²) in [7, 11) is 0. The number of rotatable bonds is 10. The minimum atomic E-state index is 0.741. The van der Waals surface area contributed by atoms with Crippen molar-refractivity contribution in [2.45, 2.75) is 65.5 Å². The lowest BCUT2D eigenvalue weighted by Gasteiger charge is -2.26. The molecule has 0 spiro atoms. The summed E-state index contributed by atoms with van der Waals surface area (Å²) < 4.78 is 0. The third-order valence-corrected chi connectivity index (χ3v) is 4.52. The quantitative estimate of drug-likeness (QED) is 0.657. The van der Waals surface area contributed by atoms with Crippen LogP contribution in [0.3, 0.4) is 0 Å². The fourth-order valence-corrected chi connectivity index (χ4v) is 3.04. The lowest BCUT2D eigenvalue weighted by atomic mass is 10.1. The van der Waals surface area contributed by atoms with Gasteiger partial charge < -0.3 is 10.2 Å². The first-order valence-electron chi connectivity index (χ1n) is 8.40. The lowest BCUT2D eigenvalue weighted by Crippen LogP contribution is -2.37. The topological polar surface area (TPSA) is 18.5 Å². The van der Waals surface area contributed by atoms with E-state index < -0.39 is 0 Å². The summed E-state index contributed by atoms with van der Waals surface area (Å²) in [5.41, 5.74) is 0. The van der Waals surface area contributed by atoms with E-state index >= 15 is 0 Å². The Hall–Kier alpha value is -0.120. The second-order valence-corrected chi connectivity index (χ2v) is 5.95. The third-order valence-electron chi connectivity index (χ3n) is 4.52. The highest BCUT2D eigenvalue weighted by Crippen LogP contribution is 2.16. The van der Waals surface area contributed by atoms with Crippen LogP contribution >= 0.6 is 0 Å². The smallest absolute Gasteiger partial charge is 0.0207 e. The number of likely N-dealkylation sites (tertiary alicyclic amines) is 1. The SMILES string of the molecule is CCCNC1CCN(C(C)CCCN(CC)CC)C1. The van der Waals surface area contributed by atoms with E-state index in [2.05, 4.69) is 42.8 Å². The van der Waals surface area contributed by atoms with Crippen LogP contribution in [0.25, 0.3) is 0 Å². The predicted molar refractivity (Wildman–Crippen MR) is 84.8 cm³/mol. The molecule has 0 aromatic carbocycles. The van der Waals surface area contributed by atoms with Gasteiger partial charge in [-0.15, -0.1) is 0 Å². The van der Waals surface area contributed by atoms with Crippen molar-refractivity contribution in [1.82, 2.24) is 15.1 Å². The molecular weight excluding hydrogens is 234 g/mol. The molecule has 1 N–H and O–H groups in total. The molecule has 1 fully saturated rings. The normalized spacial score (nSPS) is 22.3. The van der Waals surface area contributed by atoms with Gasteiger partial charge in [-0.3, -0.25) is 4.90 Å². The first-order chi connectivity index (χ1) is 9.21. The van der Waals surface area contributed by atoms with Crippen LogP contribution in [0.2, 0.25) is 0 Å². The molecule has 0 aliphatic carbocycles. The minimum Gasteiger partial charge on any atom is -0.313 e. The summed E-state index contributed by atoms with van der Waals surface area (Å²) in [6.45, 7) is 16.5. The zero-order valence-corrected chi connectivity index (χ0v) is 13.6. The molecule has 0 bridgehead atoms. The summed E-state index contributed by atoms with van der Waals surface area (Å²) in [5.74, 6) is 0. The molecule has 0 amide bonds. The van der Waals surface area contributed by atoms with Crippen LogP contribution in [0.15, 0.2) is 0 Å². The Morgan fingerprint density at radius 2 is 2.00 bits per heavy atom. The molecule has 3 nitrogen and oxygen atoms in total. The molecule has 2 unspecified atom stereocenters. The van der Waals surface area contributed by atoms with Gasteiger partial charge in [-0.2, -0.15) is 0 Å². The number of nitrogens with one attached hydrogen (secondary N) is 1. The van der Waals surface area contributed by atoms with Crippen molar-refractivity contribution in [3.8, 4) is 0 Å². The maximum absolute atomic E-state index is 3.66. The van der Waals surface area contributed by atoms with Crippen molar-refractivity contribution in [2.75, 3.05) is 39.3 Å². The second kappa shape index (κ2) is 9.73. The van der Waals surface area contributed by atoms with Crippen molar-refractivity contribution >= 4 is 0 Å². The van der Waals surface area contributed by atoms with Crippen LogP contribution in [-0.2, 0) is 0 Å². The van der Waals surface area contributed by atoms with Crippen LogP contribution in [-0.4, -0.2) is 61.2 Å². The zero-order valence-electron chi connectivity index (χ0n) is 13.6. The van der Waals surface area contributed by atoms with E-state index in [-0.39, 0.29) is 0 Å². The molecular formula is C16H35N3. The van der Waals surface area contributed by atoms with Crippen molar-refractivity contribution in [3.05, 3.63) is 0 Å². The Bertz CT molecular complexity index is 216. The Morgan fingerprint density at radius 1 is 1.26 bits per heavy atom. The summed E-state index contributed by atoms with van der Waals surface area (Å²) in [6, 6.07) is 1.49. The summed E-state index contributed by atoms with van der Waals surface area (Å²) >= 11 is 0. The van der Waals surface area contributed by atoms with Crippen LogP contribution in [0.5, 0.6) is 0 Å². The number of hydrogen-bond acceptors (Lipinski definition) is 3. The second-order valence-electron chi connectivity index (χ2n) is 5.95. The molecule has 19 heavy (non-hydrogen) atoms. The fraction of sp³-hybridized carbons (Fsp3) is 1.00. The van der Waals surface area contributed by atoms with Gasteiger partial charge in [0.15, 0.2) is 0 Å². The largest absolute Gasteiger partial charge is 0.313 e. The number of nitrogens with zero attached hydrogens (tertiary/aromatic N) is 2. The van der Waals surface area contributed by atoms with Gasteiger partial charge in [0, 0.05) is 25.2 Å². The highest BCUT2D eigenvalue weighted by atomic mass is 15.2. The van der Waals surface area contributed by atoms with E-state index in [1.54, 1.807) is 0 Å². The van der Waals surface area contributed by atoms with E-state index in [0.29, 0.717) is 0 Å². The van der Waals surface area contributed by atoms with E-state index in [4.69, 9.17) is 0 Å². The third kappa shape index (κ3) is 6.24. The molecule has 1 saturated heterocycles. The van der Waals surface area contributed by atoms with Crippen LogP contribution < -0.4 is 5.32 Å². The van der Waals surface area contributed by atoms with Gasteiger partial charge in [-0.25, -0.2) is 0 Å². The number of hydrogen-bond donors (Lipinski definition) is 1. The summed E-state index contributed by atoms with van der Waals surface area (Å²) in [5, 5.41) is 3.66. The highest BCUT2D eigenvalue weighted by Gasteiger charge is 2.25. The predicted octanol–water partition coefficient (Wildman–Crippen LogP) is 2.57. The molecule has 0 radical (unpaired) electrons. The molecule has 0 saturated carbocycles. The average Bonchev–Trinajstić information content (AvgIpc) is 2.90. The summed E-state index contributed by atoms with van der Waals surface area (Å²) in [6.07, 6.45) is 5.26. The van der Waals surface area contributed by atoms with Gasteiger partial charge in [0.05, 0.1) is 0 Å². The van der Waals surface area contributed by atoms with Crippen LogP contribution in [0.4, 0.5) is 0 Å².